The smallest absolute Gasteiger partial charge is 0.259 e. The van der Waals surface area contributed by atoms with Gasteiger partial charge in [0.25, 0.3) is 11.8 Å². The number of carbonyl (C=O) groups is 2. The molecule has 1 aliphatic heterocycles. The zero-order chi connectivity index (χ0) is 26.9. The van der Waals surface area contributed by atoms with Crippen LogP contribution < -0.4 is 10.1 Å². The molecule has 196 valence electrons. The van der Waals surface area contributed by atoms with E-state index in [0.717, 1.165) is 63.8 Å². The minimum atomic E-state index is -0.379. The number of fused-ring (bicyclic) bond motifs is 2. The molecule has 7 nitrogen and oxygen atoms in total. The van der Waals surface area contributed by atoms with Gasteiger partial charge in [-0.2, -0.15) is 0 Å². The molecule has 0 bridgehead atoms. The van der Waals surface area contributed by atoms with Gasteiger partial charge in [-0.15, -0.1) is 0 Å². The van der Waals surface area contributed by atoms with Gasteiger partial charge in [0.15, 0.2) is 0 Å². The zero-order valence-electron chi connectivity index (χ0n) is 22.0. The molecule has 1 aliphatic rings. The quantitative estimate of drug-likeness (QED) is 0.262. The minimum absolute atomic E-state index is 0.378. The number of H-pyrrole nitrogens is 1. The van der Waals surface area contributed by atoms with Crippen molar-refractivity contribution in [2.75, 3.05) is 20.6 Å². The highest BCUT2D eigenvalue weighted by molar-refractivity contribution is 6.50. The first-order valence-electron chi connectivity index (χ1n) is 13.1. The second-order valence-corrected chi connectivity index (χ2v) is 10.1. The predicted molar refractivity (Wildman–Crippen MR) is 154 cm³/mol. The first kappa shape index (κ1) is 24.7. The molecule has 3 aromatic carbocycles. The molecule has 0 atom stereocenters. The van der Waals surface area contributed by atoms with Gasteiger partial charge in [0.05, 0.1) is 16.7 Å². The normalized spacial score (nSPS) is 13.7. The Kier molecular flexibility index (Phi) is 6.50. The number of aryl methyl sites for hydroxylation is 1. The summed E-state index contributed by atoms with van der Waals surface area (Å²) in [6, 6.07) is 23.8. The Morgan fingerprint density at radius 2 is 1.59 bits per heavy atom. The molecule has 0 unspecified atom stereocenters. The van der Waals surface area contributed by atoms with E-state index < -0.39 is 0 Å². The van der Waals surface area contributed by atoms with Gasteiger partial charge in [0.2, 0.25) is 0 Å². The summed E-state index contributed by atoms with van der Waals surface area (Å²) >= 11 is 0. The molecule has 2 amide bonds. The van der Waals surface area contributed by atoms with E-state index in [2.05, 4.69) is 33.9 Å². The van der Waals surface area contributed by atoms with E-state index in [0.29, 0.717) is 17.8 Å². The van der Waals surface area contributed by atoms with Gasteiger partial charge in [-0.1, -0.05) is 48.5 Å². The van der Waals surface area contributed by atoms with E-state index in [4.69, 9.17) is 4.74 Å². The van der Waals surface area contributed by atoms with E-state index in [1.807, 2.05) is 85.2 Å². The molecule has 2 aromatic heterocycles. The van der Waals surface area contributed by atoms with E-state index >= 15 is 0 Å². The van der Waals surface area contributed by atoms with Crippen LogP contribution >= 0.6 is 0 Å². The van der Waals surface area contributed by atoms with Crippen LogP contribution in [0.25, 0.3) is 33.0 Å². The number of para-hydroxylation sites is 1. The summed E-state index contributed by atoms with van der Waals surface area (Å²) in [5.74, 6) is -0.00394. The predicted octanol–water partition coefficient (Wildman–Crippen LogP) is 5.22. The van der Waals surface area contributed by atoms with Crippen LogP contribution in [0, 0.1) is 0 Å². The van der Waals surface area contributed by atoms with E-state index in [9.17, 15) is 9.59 Å². The molecule has 0 radical (unpaired) electrons. The second-order valence-electron chi connectivity index (χ2n) is 10.1. The van der Waals surface area contributed by atoms with Gasteiger partial charge in [-0.25, -0.2) is 0 Å². The number of amides is 2. The number of aromatic nitrogens is 2. The highest BCUT2D eigenvalue weighted by atomic mass is 16.5. The Morgan fingerprint density at radius 3 is 2.38 bits per heavy atom. The summed E-state index contributed by atoms with van der Waals surface area (Å²) in [4.78, 5) is 31.8. The first-order valence-corrected chi connectivity index (χ1v) is 13.1. The monoisotopic (exact) mass is 518 g/mol. The summed E-state index contributed by atoms with van der Waals surface area (Å²) in [6.45, 7) is 2.16. The van der Waals surface area contributed by atoms with Crippen LogP contribution in [0.2, 0.25) is 0 Å². The maximum absolute atomic E-state index is 13.3. The molecule has 2 N–H and O–H groups in total. The van der Waals surface area contributed by atoms with Crippen molar-refractivity contribution in [2.45, 2.75) is 19.6 Å². The summed E-state index contributed by atoms with van der Waals surface area (Å²) in [5.41, 5.74) is 5.24. The van der Waals surface area contributed by atoms with Gasteiger partial charge in [0.1, 0.15) is 12.4 Å². The van der Waals surface area contributed by atoms with Gasteiger partial charge in [-0.05, 0) is 50.8 Å². The van der Waals surface area contributed by atoms with Crippen molar-refractivity contribution in [2.24, 2.45) is 0 Å². The Morgan fingerprint density at radius 1 is 0.846 bits per heavy atom. The van der Waals surface area contributed by atoms with E-state index in [1.165, 1.54) is 0 Å². The standard InChI is InChI=1S/C32H30N4O3/c1-35(2)15-8-16-36-19-26(24-14-13-22(17-28(24)36)39-20-21-9-4-3-5-10-21)30-29(31(37)34-32(30)38)25-18-33-27-12-7-6-11-23(25)27/h3-7,9-14,17-19,33H,8,15-16,20H2,1-2H3,(H,34,37,38). The van der Waals surface area contributed by atoms with Crippen LogP contribution in [0.3, 0.4) is 0 Å². The number of hydrogen-bond acceptors (Lipinski definition) is 4. The van der Waals surface area contributed by atoms with Crippen molar-refractivity contribution in [1.29, 1.82) is 0 Å². The Labute approximate surface area is 226 Å². The van der Waals surface area contributed by atoms with Crippen LogP contribution in [0.5, 0.6) is 5.75 Å². The van der Waals surface area contributed by atoms with Gasteiger partial charge >= 0.3 is 0 Å². The maximum Gasteiger partial charge on any atom is 0.259 e. The third-order valence-corrected chi connectivity index (χ3v) is 7.17. The van der Waals surface area contributed by atoms with Crippen molar-refractivity contribution in [1.82, 2.24) is 19.8 Å². The summed E-state index contributed by atoms with van der Waals surface area (Å²) in [7, 11) is 4.11. The van der Waals surface area contributed by atoms with Crippen molar-refractivity contribution in [3.05, 3.63) is 102 Å². The molecule has 3 heterocycles. The summed E-state index contributed by atoms with van der Waals surface area (Å²) in [5, 5.41) is 4.35. The van der Waals surface area contributed by atoms with Crippen LogP contribution in [-0.2, 0) is 22.7 Å². The zero-order valence-corrected chi connectivity index (χ0v) is 22.0. The topological polar surface area (TPSA) is 79.4 Å². The first-order chi connectivity index (χ1) is 19.0. The fourth-order valence-electron chi connectivity index (χ4n) is 5.29. The molecule has 0 fully saturated rings. The largest absolute Gasteiger partial charge is 0.489 e. The van der Waals surface area contributed by atoms with Gasteiger partial charge in [0, 0.05) is 52.4 Å². The lowest BCUT2D eigenvalue weighted by molar-refractivity contribution is -0.122. The third-order valence-electron chi connectivity index (χ3n) is 7.17. The molecule has 0 saturated carbocycles. The van der Waals surface area contributed by atoms with Crippen LogP contribution in [-0.4, -0.2) is 46.9 Å². The van der Waals surface area contributed by atoms with Crippen LogP contribution in [0.15, 0.2) is 85.2 Å². The third kappa shape index (κ3) is 4.73. The van der Waals surface area contributed by atoms with Crippen LogP contribution in [0.4, 0.5) is 0 Å². The number of aromatic amines is 1. The van der Waals surface area contributed by atoms with Crippen molar-refractivity contribution < 1.29 is 14.3 Å². The molecule has 0 aliphatic carbocycles. The summed E-state index contributed by atoms with van der Waals surface area (Å²) < 4.78 is 8.29. The molecule has 6 rings (SSSR count). The lowest BCUT2D eigenvalue weighted by Gasteiger charge is -2.11. The number of nitrogens with one attached hydrogen (secondary N) is 2. The number of ether oxygens (including phenoxy) is 1. The average Bonchev–Trinajstić information content (AvgIpc) is 3.60. The van der Waals surface area contributed by atoms with Crippen LogP contribution in [0.1, 0.15) is 23.1 Å². The Hall–Kier alpha value is -4.62. The maximum atomic E-state index is 13.3. The fraction of sp³-hybridized carbons (Fsp3) is 0.188. The molecule has 5 aromatic rings. The number of benzene rings is 3. The number of nitrogens with zero attached hydrogens (tertiary/aromatic N) is 2. The van der Waals surface area contributed by atoms with Crippen molar-refractivity contribution in [3.8, 4) is 5.75 Å². The molecule has 0 spiro atoms. The number of imide groups is 1. The highest BCUT2D eigenvalue weighted by Crippen LogP contribution is 2.39. The van der Waals surface area contributed by atoms with Crippen molar-refractivity contribution in [3.63, 3.8) is 0 Å². The Balaban J connectivity index is 1.46. The lowest BCUT2D eigenvalue weighted by Crippen LogP contribution is -2.22. The SMILES string of the molecule is CN(C)CCCn1cc(C2=C(c3c[nH]c4ccccc34)C(=O)NC2=O)c2ccc(OCc3ccccc3)cc21. The second kappa shape index (κ2) is 10.3. The van der Waals surface area contributed by atoms with Gasteiger partial charge < -0.3 is 19.2 Å². The Bertz CT molecular complexity index is 1730. The number of rotatable bonds is 9. The minimum Gasteiger partial charge on any atom is -0.489 e. The summed E-state index contributed by atoms with van der Waals surface area (Å²) in [6.07, 6.45) is 4.75. The molecule has 7 heteroatoms. The fourth-order valence-corrected chi connectivity index (χ4v) is 5.29. The number of hydrogen-bond donors (Lipinski definition) is 2. The van der Waals surface area contributed by atoms with E-state index in [1.54, 1.807) is 0 Å². The van der Waals surface area contributed by atoms with Gasteiger partial charge in [-0.3, -0.25) is 14.9 Å². The van der Waals surface area contributed by atoms with E-state index in [-0.39, 0.29) is 11.8 Å². The molecule has 0 saturated heterocycles. The van der Waals surface area contributed by atoms with Crippen molar-refractivity contribution >= 4 is 44.8 Å². The molecular formula is C32H30N4O3. The number of carbonyl (C=O) groups excluding carboxylic acids is 2. The molecule has 39 heavy (non-hydrogen) atoms. The highest BCUT2D eigenvalue weighted by Gasteiger charge is 2.35. The molecular weight excluding hydrogens is 488 g/mol. The lowest BCUT2D eigenvalue weighted by atomic mass is 9.95. The average molecular weight is 519 g/mol.